The SMILES string of the molecule is COC(=O)[C@H](Cc1ccccc1)NC(=O)c1ccc2ccccc2c1OCc1cccc(C(F)(F)F)c1. The van der Waals surface area contributed by atoms with E-state index < -0.39 is 29.7 Å². The lowest BCUT2D eigenvalue weighted by molar-refractivity contribution is -0.143. The third-order valence-corrected chi connectivity index (χ3v) is 5.84. The van der Waals surface area contributed by atoms with Crippen molar-refractivity contribution in [3.8, 4) is 5.75 Å². The summed E-state index contributed by atoms with van der Waals surface area (Å²) in [5.74, 6) is -0.975. The number of alkyl halides is 3. The Balaban J connectivity index is 1.64. The minimum absolute atomic E-state index is 0.146. The standard InChI is InChI=1S/C29H24F3NO4/c1-36-28(35)25(17-19-8-3-2-4-9-19)33-27(34)24-15-14-21-11-5-6-13-23(21)26(24)37-18-20-10-7-12-22(16-20)29(30,31)32/h2-16,25H,17-18H2,1H3,(H,33,34)/t25-/m0/s1. The van der Waals surface area contributed by atoms with E-state index >= 15 is 0 Å². The first-order valence-electron chi connectivity index (χ1n) is 11.5. The highest BCUT2D eigenvalue weighted by atomic mass is 19.4. The molecule has 0 saturated carbocycles. The largest absolute Gasteiger partial charge is 0.487 e. The summed E-state index contributed by atoms with van der Waals surface area (Å²) in [7, 11) is 1.24. The molecule has 0 bridgehead atoms. The number of hydrogen-bond donors (Lipinski definition) is 1. The van der Waals surface area contributed by atoms with E-state index in [-0.39, 0.29) is 24.3 Å². The van der Waals surface area contributed by atoms with Gasteiger partial charge in [-0.1, -0.05) is 72.8 Å². The van der Waals surface area contributed by atoms with E-state index in [0.717, 1.165) is 23.1 Å². The van der Waals surface area contributed by atoms with Gasteiger partial charge in [0, 0.05) is 11.8 Å². The Morgan fingerprint density at radius 1 is 0.865 bits per heavy atom. The Morgan fingerprint density at radius 3 is 2.30 bits per heavy atom. The lowest BCUT2D eigenvalue weighted by atomic mass is 10.0. The number of carbonyl (C=O) groups excluding carboxylic acids is 2. The number of hydrogen-bond acceptors (Lipinski definition) is 4. The molecule has 0 aliphatic carbocycles. The van der Waals surface area contributed by atoms with Crippen molar-refractivity contribution in [3.63, 3.8) is 0 Å². The molecule has 0 saturated heterocycles. The van der Waals surface area contributed by atoms with Crippen LogP contribution in [0.2, 0.25) is 0 Å². The number of carbonyl (C=O) groups is 2. The minimum Gasteiger partial charge on any atom is -0.487 e. The van der Waals surface area contributed by atoms with Crippen molar-refractivity contribution in [3.05, 3.63) is 113 Å². The maximum absolute atomic E-state index is 13.4. The van der Waals surface area contributed by atoms with Crippen LogP contribution in [0.25, 0.3) is 10.8 Å². The molecule has 1 amide bonds. The van der Waals surface area contributed by atoms with Crippen LogP contribution in [-0.4, -0.2) is 25.0 Å². The maximum Gasteiger partial charge on any atom is 0.416 e. The summed E-state index contributed by atoms with van der Waals surface area (Å²) in [5.41, 5.74) is 0.488. The van der Waals surface area contributed by atoms with Gasteiger partial charge in [-0.15, -0.1) is 0 Å². The molecule has 0 spiro atoms. The first kappa shape index (κ1) is 25.8. The molecule has 0 aromatic heterocycles. The average Bonchev–Trinajstić information content (AvgIpc) is 2.91. The molecule has 0 unspecified atom stereocenters. The van der Waals surface area contributed by atoms with Crippen molar-refractivity contribution in [1.82, 2.24) is 5.32 Å². The summed E-state index contributed by atoms with van der Waals surface area (Å²) in [5, 5.41) is 4.12. The third-order valence-electron chi connectivity index (χ3n) is 5.84. The zero-order valence-electron chi connectivity index (χ0n) is 19.9. The number of halogens is 3. The second kappa shape index (κ2) is 11.2. The summed E-state index contributed by atoms with van der Waals surface area (Å²) in [6.07, 6.45) is -4.27. The van der Waals surface area contributed by atoms with Crippen molar-refractivity contribution >= 4 is 22.6 Å². The van der Waals surface area contributed by atoms with Gasteiger partial charge in [-0.3, -0.25) is 4.79 Å². The van der Waals surface area contributed by atoms with Crippen LogP contribution >= 0.6 is 0 Å². The zero-order valence-corrected chi connectivity index (χ0v) is 19.9. The highest BCUT2D eigenvalue weighted by molar-refractivity contribution is 6.05. The lowest BCUT2D eigenvalue weighted by Gasteiger charge is -2.19. The predicted octanol–water partition coefficient (Wildman–Crippen LogP) is 5.95. The monoisotopic (exact) mass is 507 g/mol. The molecule has 1 atom stereocenters. The van der Waals surface area contributed by atoms with Crippen LogP contribution in [0.1, 0.15) is 27.0 Å². The number of esters is 1. The van der Waals surface area contributed by atoms with Gasteiger partial charge in [0.15, 0.2) is 0 Å². The average molecular weight is 508 g/mol. The Bertz CT molecular complexity index is 1400. The summed E-state index contributed by atoms with van der Waals surface area (Å²) >= 11 is 0. The van der Waals surface area contributed by atoms with Gasteiger partial charge >= 0.3 is 12.1 Å². The van der Waals surface area contributed by atoms with Crippen LogP contribution < -0.4 is 10.1 Å². The van der Waals surface area contributed by atoms with Crippen LogP contribution in [0.5, 0.6) is 5.75 Å². The van der Waals surface area contributed by atoms with E-state index in [1.165, 1.54) is 19.2 Å². The van der Waals surface area contributed by atoms with Gasteiger partial charge in [0.2, 0.25) is 0 Å². The molecule has 4 aromatic rings. The molecule has 0 aliphatic heterocycles. The Kier molecular flexibility index (Phi) is 7.77. The second-order valence-electron chi connectivity index (χ2n) is 8.39. The number of benzene rings is 4. The van der Waals surface area contributed by atoms with E-state index in [9.17, 15) is 22.8 Å². The lowest BCUT2D eigenvalue weighted by Crippen LogP contribution is -2.43. The molecule has 8 heteroatoms. The van der Waals surface area contributed by atoms with Crippen molar-refractivity contribution in [2.24, 2.45) is 0 Å². The van der Waals surface area contributed by atoms with Gasteiger partial charge in [0.1, 0.15) is 18.4 Å². The van der Waals surface area contributed by atoms with Crippen LogP contribution in [-0.2, 0) is 28.7 Å². The van der Waals surface area contributed by atoms with E-state index in [2.05, 4.69) is 5.32 Å². The fourth-order valence-electron chi connectivity index (χ4n) is 3.99. The number of rotatable bonds is 8. The molecule has 0 fully saturated rings. The summed E-state index contributed by atoms with van der Waals surface area (Å²) in [6.45, 7) is -0.192. The molecular formula is C29H24F3NO4. The fraction of sp³-hybridized carbons (Fsp3) is 0.172. The molecule has 0 heterocycles. The van der Waals surface area contributed by atoms with Crippen molar-refractivity contribution < 1.29 is 32.2 Å². The Morgan fingerprint density at radius 2 is 1.57 bits per heavy atom. The smallest absolute Gasteiger partial charge is 0.416 e. The first-order valence-corrected chi connectivity index (χ1v) is 11.5. The number of ether oxygens (including phenoxy) is 2. The number of methoxy groups -OCH3 is 1. The van der Waals surface area contributed by atoms with Gasteiger partial charge in [0.25, 0.3) is 5.91 Å². The molecular weight excluding hydrogens is 483 g/mol. The maximum atomic E-state index is 13.4. The first-order chi connectivity index (χ1) is 17.8. The second-order valence-corrected chi connectivity index (χ2v) is 8.39. The normalized spacial score (nSPS) is 12.1. The molecule has 190 valence electrons. The third kappa shape index (κ3) is 6.27. The van der Waals surface area contributed by atoms with Crippen LogP contribution in [0.3, 0.4) is 0 Å². The molecule has 1 N–H and O–H groups in total. The van der Waals surface area contributed by atoms with Crippen LogP contribution in [0.4, 0.5) is 13.2 Å². The molecule has 5 nitrogen and oxygen atoms in total. The van der Waals surface area contributed by atoms with Gasteiger partial charge in [-0.05, 0) is 34.7 Å². The van der Waals surface area contributed by atoms with Crippen molar-refractivity contribution in [2.45, 2.75) is 25.2 Å². The van der Waals surface area contributed by atoms with E-state index in [0.29, 0.717) is 10.9 Å². The van der Waals surface area contributed by atoms with E-state index in [1.807, 2.05) is 42.5 Å². The summed E-state index contributed by atoms with van der Waals surface area (Å²) in [4.78, 5) is 25.8. The van der Waals surface area contributed by atoms with Crippen molar-refractivity contribution in [1.29, 1.82) is 0 Å². The Hall–Kier alpha value is -4.33. The Labute approximate surface area is 211 Å². The van der Waals surface area contributed by atoms with Gasteiger partial charge in [-0.25, -0.2) is 4.79 Å². The zero-order chi connectivity index (χ0) is 26.4. The molecule has 0 aliphatic rings. The van der Waals surface area contributed by atoms with Crippen LogP contribution in [0, 0.1) is 0 Å². The highest BCUT2D eigenvalue weighted by Gasteiger charge is 2.30. The van der Waals surface area contributed by atoms with E-state index in [1.54, 1.807) is 24.3 Å². The predicted molar refractivity (Wildman–Crippen MR) is 133 cm³/mol. The van der Waals surface area contributed by atoms with E-state index in [4.69, 9.17) is 9.47 Å². The molecule has 0 radical (unpaired) electrons. The fourth-order valence-corrected chi connectivity index (χ4v) is 3.99. The quantitative estimate of drug-likeness (QED) is 0.299. The number of nitrogens with one attached hydrogen (secondary N) is 1. The highest BCUT2D eigenvalue weighted by Crippen LogP contribution is 2.32. The molecule has 37 heavy (non-hydrogen) atoms. The molecule has 4 rings (SSSR count). The summed E-state index contributed by atoms with van der Waals surface area (Å²) < 4.78 is 50.3. The van der Waals surface area contributed by atoms with Gasteiger partial charge < -0.3 is 14.8 Å². The summed E-state index contributed by atoms with van der Waals surface area (Å²) in [6, 6.07) is 23.5. The van der Waals surface area contributed by atoms with Gasteiger partial charge in [0.05, 0.1) is 18.2 Å². The number of fused-ring (bicyclic) bond motifs is 1. The number of amides is 1. The van der Waals surface area contributed by atoms with Crippen molar-refractivity contribution in [2.75, 3.05) is 7.11 Å². The van der Waals surface area contributed by atoms with Crippen LogP contribution in [0.15, 0.2) is 91.0 Å². The topological polar surface area (TPSA) is 64.6 Å². The minimum atomic E-state index is -4.48. The molecule has 4 aromatic carbocycles. The van der Waals surface area contributed by atoms with Gasteiger partial charge in [-0.2, -0.15) is 13.2 Å².